The minimum atomic E-state index is -0.271. The molecular weight excluding hydrogens is 178 g/mol. The molecule has 0 aliphatic heterocycles. The Bertz CT molecular complexity index is 310. The molecule has 0 saturated carbocycles. The molecule has 0 unspecified atom stereocenters. The molecule has 1 N–H and O–H groups in total. The number of nitrogens with one attached hydrogen (secondary N) is 1. The molecule has 0 atom stereocenters. The van der Waals surface area contributed by atoms with E-state index in [1.165, 1.54) is 0 Å². The van der Waals surface area contributed by atoms with Crippen LogP contribution >= 0.6 is 0 Å². The average Bonchev–Trinajstić information content (AvgIpc) is 2.19. The molecule has 0 spiro atoms. The highest BCUT2D eigenvalue weighted by Crippen LogP contribution is 2.11. The van der Waals surface area contributed by atoms with Gasteiger partial charge in [-0.3, -0.25) is 0 Å². The summed E-state index contributed by atoms with van der Waals surface area (Å²) in [5, 5.41) is 3.14. The minimum absolute atomic E-state index is 0.271. The number of benzene rings is 1. The van der Waals surface area contributed by atoms with Gasteiger partial charge in [0.25, 0.3) is 0 Å². The van der Waals surface area contributed by atoms with E-state index in [9.17, 15) is 4.79 Å². The van der Waals surface area contributed by atoms with Crippen molar-refractivity contribution in [3.05, 3.63) is 29.8 Å². The minimum Gasteiger partial charge on any atom is -0.462 e. The first-order valence-electron chi connectivity index (χ1n) is 4.79. The lowest BCUT2D eigenvalue weighted by Gasteiger charge is -2.05. The van der Waals surface area contributed by atoms with Crippen molar-refractivity contribution < 1.29 is 9.53 Å². The van der Waals surface area contributed by atoms with Crippen LogP contribution in [0.3, 0.4) is 0 Å². The molecule has 3 nitrogen and oxygen atoms in total. The van der Waals surface area contributed by atoms with Crippen LogP contribution in [0.2, 0.25) is 0 Å². The molecule has 1 aromatic rings. The van der Waals surface area contributed by atoms with Crippen LogP contribution in [0, 0.1) is 0 Å². The third-order valence-corrected chi connectivity index (χ3v) is 1.75. The molecule has 1 aromatic carbocycles. The van der Waals surface area contributed by atoms with Crippen molar-refractivity contribution in [1.29, 1.82) is 0 Å². The average molecular weight is 193 g/mol. The van der Waals surface area contributed by atoms with E-state index in [-0.39, 0.29) is 5.97 Å². The molecule has 0 bridgehead atoms. The molecule has 0 fully saturated rings. The molecule has 0 radical (unpaired) electrons. The zero-order chi connectivity index (χ0) is 10.4. The normalized spacial score (nSPS) is 9.57. The predicted molar refractivity (Wildman–Crippen MR) is 56.6 cm³/mol. The third-order valence-electron chi connectivity index (χ3n) is 1.75. The van der Waals surface area contributed by atoms with E-state index < -0.39 is 0 Å². The molecule has 0 amide bonds. The summed E-state index contributed by atoms with van der Waals surface area (Å²) < 4.78 is 4.89. The van der Waals surface area contributed by atoms with Crippen LogP contribution in [0.25, 0.3) is 0 Å². The molecule has 0 saturated heterocycles. The number of hydrogen-bond acceptors (Lipinski definition) is 3. The van der Waals surface area contributed by atoms with E-state index in [0.717, 1.165) is 12.2 Å². The Hall–Kier alpha value is -1.51. The van der Waals surface area contributed by atoms with Crippen LogP contribution < -0.4 is 5.32 Å². The Balaban J connectivity index is 2.77. The van der Waals surface area contributed by atoms with Crippen molar-refractivity contribution in [3.63, 3.8) is 0 Å². The Morgan fingerprint density at radius 3 is 2.86 bits per heavy atom. The summed E-state index contributed by atoms with van der Waals surface area (Å²) in [6, 6.07) is 7.30. The summed E-state index contributed by atoms with van der Waals surface area (Å²) in [7, 11) is 0. The van der Waals surface area contributed by atoms with Gasteiger partial charge in [0.05, 0.1) is 12.2 Å². The monoisotopic (exact) mass is 193 g/mol. The summed E-state index contributed by atoms with van der Waals surface area (Å²) >= 11 is 0. The van der Waals surface area contributed by atoms with Gasteiger partial charge in [0.15, 0.2) is 0 Å². The van der Waals surface area contributed by atoms with E-state index in [1.807, 2.05) is 19.1 Å². The molecule has 0 aliphatic carbocycles. The Morgan fingerprint density at radius 1 is 1.43 bits per heavy atom. The lowest BCUT2D eigenvalue weighted by molar-refractivity contribution is 0.0526. The van der Waals surface area contributed by atoms with Gasteiger partial charge in [0.2, 0.25) is 0 Å². The largest absolute Gasteiger partial charge is 0.462 e. The van der Waals surface area contributed by atoms with Crippen LogP contribution in [0.5, 0.6) is 0 Å². The van der Waals surface area contributed by atoms with Gasteiger partial charge in [-0.15, -0.1) is 0 Å². The lowest BCUT2D eigenvalue weighted by atomic mass is 10.2. The summed E-state index contributed by atoms with van der Waals surface area (Å²) in [4.78, 5) is 11.4. The number of esters is 1. The van der Waals surface area contributed by atoms with Gasteiger partial charge in [0, 0.05) is 12.2 Å². The smallest absolute Gasteiger partial charge is 0.338 e. The SMILES string of the molecule is CCNc1cccc(C(=O)OCC)c1. The molecule has 0 aromatic heterocycles. The standard InChI is InChI=1S/C11H15NO2/c1-3-12-10-7-5-6-9(8-10)11(13)14-4-2/h5-8,12H,3-4H2,1-2H3. The second-order valence-corrected chi connectivity index (χ2v) is 2.83. The fraction of sp³-hybridized carbons (Fsp3) is 0.364. The summed E-state index contributed by atoms with van der Waals surface area (Å²) in [6.07, 6.45) is 0. The van der Waals surface area contributed by atoms with E-state index in [1.54, 1.807) is 19.1 Å². The van der Waals surface area contributed by atoms with Gasteiger partial charge >= 0.3 is 5.97 Å². The van der Waals surface area contributed by atoms with Crippen LogP contribution in [0.15, 0.2) is 24.3 Å². The second-order valence-electron chi connectivity index (χ2n) is 2.83. The van der Waals surface area contributed by atoms with Crippen LogP contribution in [0.4, 0.5) is 5.69 Å². The van der Waals surface area contributed by atoms with Gasteiger partial charge in [-0.25, -0.2) is 4.79 Å². The van der Waals surface area contributed by atoms with Gasteiger partial charge < -0.3 is 10.1 Å². The first-order valence-corrected chi connectivity index (χ1v) is 4.79. The third kappa shape index (κ3) is 2.76. The highest BCUT2D eigenvalue weighted by Gasteiger charge is 2.05. The van der Waals surface area contributed by atoms with E-state index in [0.29, 0.717) is 12.2 Å². The van der Waals surface area contributed by atoms with Crippen LogP contribution in [-0.4, -0.2) is 19.1 Å². The molecule has 1 rings (SSSR count). The number of anilines is 1. The summed E-state index contributed by atoms with van der Waals surface area (Å²) in [5.74, 6) is -0.271. The number of carbonyl (C=O) groups is 1. The quantitative estimate of drug-likeness (QED) is 0.745. The van der Waals surface area contributed by atoms with Gasteiger partial charge in [0.1, 0.15) is 0 Å². The molecular formula is C11H15NO2. The fourth-order valence-corrected chi connectivity index (χ4v) is 1.17. The molecule has 14 heavy (non-hydrogen) atoms. The Kier molecular flexibility index (Phi) is 3.98. The highest BCUT2D eigenvalue weighted by atomic mass is 16.5. The maximum absolute atomic E-state index is 11.4. The lowest BCUT2D eigenvalue weighted by Crippen LogP contribution is -2.05. The molecule has 0 heterocycles. The van der Waals surface area contributed by atoms with Crippen LogP contribution in [-0.2, 0) is 4.74 Å². The van der Waals surface area contributed by atoms with E-state index in [4.69, 9.17) is 4.74 Å². The zero-order valence-electron chi connectivity index (χ0n) is 8.54. The predicted octanol–water partition coefficient (Wildman–Crippen LogP) is 2.30. The van der Waals surface area contributed by atoms with E-state index in [2.05, 4.69) is 5.32 Å². The first kappa shape index (κ1) is 10.6. The number of rotatable bonds is 4. The Morgan fingerprint density at radius 2 is 2.21 bits per heavy atom. The summed E-state index contributed by atoms with van der Waals surface area (Å²) in [5.41, 5.74) is 1.53. The van der Waals surface area contributed by atoms with Gasteiger partial charge in [-0.05, 0) is 32.0 Å². The summed E-state index contributed by atoms with van der Waals surface area (Å²) in [6.45, 7) is 5.06. The van der Waals surface area contributed by atoms with Crippen molar-refractivity contribution >= 4 is 11.7 Å². The molecule has 3 heteroatoms. The number of ether oxygens (including phenoxy) is 1. The van der Waals surface area contributed by atoms with Crippen molar-refractivity contribution in [3.8, 4) is 0 Å². The van der Waals surface area contributed by atoms with E-state index >= 15 is 0 Å². The van der Waals surface area contributed by atoms with Crippen molar-refractivity contribution in [2.75, 3.05) is 18.5 Å². The molecule has 76 valence electrons. The number of carbonyl (C=O) groups excluding carboxylic acids is 1. The second kappa shape index (κ2) is 5.27. The maximum atomic E-state index is 11.4. The van der Waals surface area contributed by atoms with Gasteiger partial charge in [-0.2, -0.15) is 0 Å². The zero-order valence-corrected chi connectivity index (χ0v) is 8.54. The topological polar surface area (TPSA) is 38.3 Å². The van der Waals surface area contributed by atoms with Crippen molar-refractivity contribution in [2.45, 2.75) is 13.8 Å². The molecule has 0 aliphatic rings. The maximum Gasteiger partial charge on any atom is 0.338 e. The Labute approximate surface area is 84.1 Å². The first-order chi connectivity index (χ1) is 6.77. The highest BCUT2D eigenvalue weighted by molar-refractivity contribution is 5.90. The van der Waals surface area contributed by atoms with Crippen molar-refractivity contribution in [1.82, 2.24) is 0 Å². The fourth-order valence-electron chi connectivity index (χ4n) is 1.17. The van der Waals surface area contributed by atoms with Crippen molar-refractivity contribution in [2.24, 2.45) is 0 Å². The number of hydrogen-bond donors (Lipinski definition) is 1. The van der Waals surface area contributed by atoms with Crippen LogP contribution in [0.1, 0.15) is 24.2 Å². The van der Waals surface area contributed by atoms with Gasteiger partial charge in [-0.1, -0.05) is 6.07 Å².